The fourth-order valence-corrected chi connectivity index (χ4v) is 4.99. The fourth-order valence-electron chi connectivity index (χ4n) is 4.99. The smallest absolute Gasteiger partial charge is 0.163 e. The van der Waals surface area contributed by atoms with E-state index in [1.165, 1.54) is 18.9 Å². The average Bonchev–Trinajstić information content (AvgIpc) is 3.37. The third-order valence-electron chi connectivity index (χ3n) is 6.90. The second-order valence-corrected chi connectivity index (χ2v) is 8.51. The highest BCUT2D eigenvalue weighted by Crippen LogP contribution is 2.48. The van der Waals surface area contributed by atoms with Gasteiger partial charge in [-0.1, -0.05) is 12.1 Å². The van der Waals surface area contributed by atoms with Crippen LogP contribution in [0.4, 0.5) is 4.39 Å². The molecule has 1 spiro atoms. The Morgan fingerprint density at radius 2 is 1.96 bits per heavy atom. The van der Waals surface area contributed by atoms with Gasteiger partial charge >= 0.3 is 0 Å². The molecule has 4 nitrogen and oxygen atoms in total. The van der Waals surface area contributed by atoms with Gasteiger partial charge in [0.05, 0.1) is 0 Å². The molecule has 2 N–H and O–H groups in total. The number of hydrogen-bond donors (Lipinski definition) is 2. The zero-order valence-electron chi connectivity index (χ0n) is 15.3. The van der Waals surface area contributed by atoms with Crippen molar-refractivity contribution < 1.29 is 9.50 Å². The van der Waals surface area contributed by atoms with Crippen molar-refractivity contribution >= 4 is 0 Å². The summed E-state index contributed by atoms with van der Waals surface area (Å²) >= 11 is 0. The van der Waals surface area contributed by atoms with Crippen molar-refractivity contribution in [3.63, 3.8) is 0 Å². The maximum absolute atomic E-state index is 13.8. The molecule has 3 aliphatic rings. The highest BCUT2D eigenvalue weighted by atomic mass is 19.1. The Bertz CT molecular complexity index is 623. The van der Waals surface area contributed by atoms with E-state index in [-0.39, 0.29) is 16.9 Å². The number of nitrogens with zero attached hydrogens (tertiary/aromatic N) is 2. The molecule has 5 heteroatoms. The molecule has 138 valence electrons. The third kappa shape index (κ3) is 3.01. The number of aliphatic hydroxyl groups excluding tert-OH is 1. The van der Waals surface area contributed by atoms with Crippen LogP contribution in [0.1, 0.15) is 44.1 Å². The molecule has 1 heterocycles. The molecule has 1 saturated heterocycles. The Labute approximate surface area is 150 Å². The molecule has 1 aromatic rings. The predicted molar refractivity (Wildman–Crippen MR) is 96.4 cm³/mol. The SMILES string of the molecule is CN(C)[C@]1(c2cccc(F)c2)CC[C@]2(CC1)CNC(O)N2CC1CC1. The first-order chi connectivity index (χ1) is 12.0. The molecule has 2 aliphatic carbocycles. The van der Waals surface area contributed by atoms with Crippen molar-refractivity contribution in [1.29, 1.82) is 0 Å². The van der Waals surface area contributed by atoms with Crippen LogP contribution >= 0.6 is 0 Å². The van der Waals surface area contributed by atoms with Crippen LogP contribution in [0.15, 0.2) is 24.3 Å². The number of aliphatic hydroxyl groups is 1. The molecular weight excluding hydrogens is 317 g/mol. The summed E-state index contributed by atoms with van der Waals surface area (Å²) in [5.41, 5.74) is 1.01. The predicted octanol–water partition coefficient (Wildman–Crippen LogP) is 2.49. The van der Waals surface area contributed by atoms with Crippen molar-refractivity contribution in [2.75, 3.05) is 27.2 Å². The standard InChI is InChI=1S/C20H30FN3O/c1-23(2)20(16-4-3-5-17(21)12-16)10-8-19(9-11-20)14-22-18(25)24(19)13-15-6-7-15/h3-5,12,15,18,22,25H,6-11,13-14H2,1-2H3/t18?,19-,20+. The van der Waals surface area contributed by atoms with E-state index in [9.17, 15) is 9.50 Å². The largest absolute Gasteiger partial charge is 0.365 e. The van der Waals surface area contributed by atoms with E-state index >= 15 is 0 Å². The van der Waals surface area contributed by atoms with Crippen LogP contribution in [0.5, 0.6) is 0 Å². The van der Waals surface area contributed by atoms with Crippen LogP contribution in [0.2, 0.25) is 0 Å². The summed E-state index contributed by atoms with van der Waals surface area (Å²) in [4.78, 5) is 4.58. The van der Waals surface area contributed by atoms with Gasteiger partial charge in [-0.05, 0) is 76.2 Å². The van der Waals surface area contributed by atoms with Crippen LogP contribution in [-0.2, 0) is 5.54 Å². The summed E-state index contributed by atoms with van der Waals surface area (Å²) < 4.78 is 13.8. The van der Waals surface area contributed by atoms with E-state index in [1.807, 2.05) is 6.07 Å². The molecule has 1 atom stereocenters. The Hall–Kier alpha value is -1.01. The molecule has 0 amide bonds. The topological polar surface area (TPSA) is 38.7 Å². The molecule has 1 unspecified atom stereocenters. The van der Waals surface area contributed by atoms with Crippen molar-refractivity contribution in [3.8, 4) is 0 Å². The van der Waals surface area contributed by atoms with E-state index < -0.39 is 6.35 Å². The van der Waals surface area contributed by atoms with Gasteiger partial charge in [0, 0.05) is 24.2 Å². The lowest BCUT2D eigenvalue weighted by Gasteiger charge is -2.51. The van der Waals surface area contributed by atoms with Gasteiger partial charge < -0.3 is 5.11 Å². The zero-order chi connectivity index (χ0) is 17.7. The number of rotatable bonds is 4. The van der Waals surface area contributed by atoms with Gasteiger partial charge in [-0.15, -0.1) is 0 Å². The quantitative estimate of drug-likeness (QED) is 0.878. The Morgan fingerprint density at radius 3 is 2.56 bits per heavy atom. The van der Waals surface area contributed by atoms with Gasteiger partial charge in [0.2, 0.25) is 0 Å². The molecule has 1 aromatic carbocycles. The van der Waals surface area contributed by atoms with Gasteiger partial charge in [0.1, 0.15) is 5.82 Å². The normalized spacial score (nSPS) is 36.4. The lowest BCUT2D eigenvalue weighted by atomic mass is 9.68. The number of benzene rings is 1. The van der Waals surface area contributed by atoms with Gasteiger partial charge in [-0.3, -0.25) is 15.1 Å². The van der Waals surface area contributed by atoms with Crippen molar-refractivity contribution in [2.45, 2.75) is 56.0 Å². The first kappa shape index (κ1) is 17.4. The summed E-state index contributed by atoms with van der Waals surface area (Å²) in [6, 6.07) is 7.10. The van der Waals surface area contributed by atoms with E-state index in [1.54, 1.807) is 6.07 Å². The fraction of sp³-hybridized carbons (Fsp3) is 0.700. The van der Waals surface area contributed by atoms with Crippen molar-refractivity contribution in [3.05, 3.63) is 35.6 Å². The maximum atomic E-state index is 13.8. The molecule has 0 aromatic heterocycles. The minimum absolute atomic E-state index is 0.0504. The second-order valence-electron chi connectivity index (χ2n) is 8.51. The molecular formula is C20H30FN3O. The molecule has 1 aliphatic heterocycles. The van der Waals surface area contributed by atoms with E-state index in [2.05, 4.69) is 35.3 Å². The highest BCUT2D eigenvalue weighted by molar-refractivity contribution is 5.27. The Morgan fingerprint density at radius 1 is 1.24 bits per heavy atom. The summed E-state index contributed by atoms with van der Waals surface area (Å²) in [7, 11) is 4.21. The highest BCUT2D eigenvalue weighted by Gasteiger charge is 2.52. The lowest BCUT2D eigenvalue weighted by molar-refractivity contribution is -0.0608. The van der Waals surface area contributed by atoms with Crippen LogP contribution in [-0.4, -0.2) is 54.0 Å². The van der Waals surface area contributed by atoms with Crippen LogP contribution in [0, 0.1) is 11.7 Å². The average molecular weight is 347 g/mol. The first-order valence-corrected chi connectivity index (χ1v) is 9.57. The molecule has 4 rings (SSSR count). The van der Waals surface area contributed by atoms with Crippen molar-refractivity contribution in [2.24, 2.45) is 5.92 Å². The summed E-state index contributed by atoms with van der Waals surface area (Å²) in [5, 5.41) is 13.7. The van der Waals surface area contributed by atoms with Crippen molar-refractivity contribution in [1.82, 2.24) is 15.1 Å². The maximum Gasteiger partial charge on any atom is 0.163 e. The van der Waals surface area contributed by atoms with Gasteiger partial charge in [-0.2, -0.15) is 0 Å². The Balaban J connectivity index is 1.57. The minimum Gasteiger partial charge on any atom is -0.365 e. The molecule has 25 heavy (non-hydrogen) atoms. The van der Waals surface area contributed by atoms with Gasteiger partial charge in [0.15, 0.2) is 6.35 Å². The third-order valence-corrected chi connectivity index (χ3v) is 6.90. The number of nitrogens with one attached hydrogen (secondary N) is 1. The summed E-state index contributed by atoms with van der Waals surface area (Å²) in [6.45, 7) is 1.86. The zero-order valence-corrected chi connectivity index (χ0v) is 15.3. The summed E-state index contributed by atoms with van der Waals surface area (Å²) in [5.74, 6) is 0.600. The van der Waals surface area contributed by atoms with Crippen LogP contribution in [0.3, 0.4) is 0 Å². The molecule has 3 fully saturated rings. The van der Waals surface area contributed by atoms with Crippen LogP contribution < -0.4 is 5.32 Å². The number of hydrogen-bond acceptors (Lipinski definition) is 4. The molecule has 2 saturated carbocycles. The first-order valence-electron chi connectivity index (χ1n) is 9.57. The molecule has 0 radical (unpaired) electrons. The Kier molecular flexibility index (Phi) is 4.39. The van der Waals surface area contributed by atoms with Gasteiger partial charge in [-0.25, -0.2) is 4.39 Å². The number of halogens is 1. The monoisotopic (exact) mass is 347 g/mol. The van der Waals surface area contributed by atoms with Crippen LogP contribution in [0.25, 0.3) is 0 Å². The molecule has 0 bridgehead atoms. The summed E-state index contributed by atoms with van der Waals surface area (Å²) in [6.07, 6.45) is 6.10. The minimum atomic E-state index is -0.512. The van der Waals surface area contributed by atoms with E-state index in [4.69, 9.17) is 0 Å². The second kappa shape index (κ2) is 6.31. The lowest BCUT2D eigenvalue weighted by Crippen LogP contribution is -2.56. The van der Waals surface area contributed by atoms with E-state index in [0.29, 0.717) is 0 Å². The van der Waals surface area contributed by atoms with Gasteiger partial charge in [0.25, 0.3) is 0 Å². The van der Waals surface area contributed by atoms with E-state index in [0.717, 1.165) is 50.3 Å².